The zero-order chi connectivity index (χ0) is 55.7. The number of hydrogen-bond acceptors (Lipinski definition) is 12. The van der Waals surface area contributed by atoms with Gasteiger partial charge in [0.05, 0.1) is 24.3 Å². The summed E-state index contributed by atoms with van der Waals surface area (Å²) in [5, 5.41) is 0. The second-order valence-electron chi connectivity index (χ2n) is 20.5. The predicted octanol–water partition coefficient (Wildman–Crippen LogP) is 16.6. The van der Waals surface area contributed by atoms with Crippen molar-refractivity contribution in [1.82, 2.24) is 0 Å². The van der Waals surface area contributed by atoms with Crippen molar-refractivity contribution in [1.29, 1.82) is 0 Å². The maximum Gasteiger partial charge on any atom is 0.343 e. The van der Waals surface area contributed by atoms with Gasteiger partial charge in [-0.2, -0.15) is 0 Å². The highest BCUT2D eigenvalue weighted by Crippen LogP contribution is 2.21. The third-order valence-corrected chi connectivity index (χ3v) is 13.7. The molecule has 4 aromatic carbocycles. The van der Waals surface area contributed by atoms with Gasteiger partial charge in [-0.05, 0) is 123 Å². The van der Waals surface area contributed by atoms with Gasteiger partial charge in [-0.25, -0.2) is 9.59 Å². The first kappa shape index (κ1) is 64.2. The van der Waals surface area contributed by atoms with E-state index in [-0.39, 0.29) is 35.8 Å². The van der Waals surface area contributed by atoms with Crippen molar-refractivity contribution in [2.75, 3.05) is 13.2 Å². The van der Waals surface area contributed by atoms with Crippen molar-refractivity contribution in [3.8, 4) is 34.5 Å². The van der Waals surface area contributed by atoms with Gasteiger partial charge in [-0.15, -0.1) is 0 Å². The summed E-state index contributed by atoms with van der Waals surface area (Å²) in [6.45, 7) is 5.74. The summed E-state index contributed by atoms with van der Waals surface area (Å²) in [5.41, 5.74) is -0.476. The van der Waals surface area contributed by atoms with Gasteiger partial charge in [0.15, 0.2) is 11.5 Å². The molecule has 12 heteroatoms. The van der Waals surface area contributed by atoms with E-state index < -0.39 is 34.7 Å². The Morgan fingerprint density at radius 1 is 0.295 bits per heavy atom. The Hall–Kier alpha value is -6.30. The van der Waals surface area contributed by atoms with E-state index in [4.69, 9.17) is 28.4 Å². The van der Waals surface area contributed by atoms with E-state index in [1.54, 1.807) is 48.5 Å². The van der Waals surface area contributed by atoms with Gasteiger partial charge in [-0.1, -0.05) is 181 Å². The largest absolute Gasteiger partial charge is 0.494 e. The van der Waals surface area contributed by atoms with Crippen molar-refractivity contribution < 1.29 is 47.6 Å². The third kappa shape index (κ3) is 28.9. The molecule has 4 rings (SSSR count). The van der Waals surface area contributed by atoms with Crippen molar-refractivity contribution in [2.24, 2.45) is 0 Å². The Bertz CT molecular complexity index is 2260. The Labute approximate surface area is 465 Å². The molecule has 0 unspecified atom stereocenters. The van der Waals surface area contributed by atoms with Crippen LogP contribution in [0.5, 0.6) is 34.5 Å². The van der Waals surface area contributed by atoms with E-state index in [0.29, 0.717) is 61.5 Å². The average molecular weight is 1080 g/mol. The first-order chi connectivity index (χ1) is 38.1. The fourth-order valence-corrected chi connectivity index (χ4v) is 8.94. The summed E-state index contributed by atoms with van der Waals surface area (Å²) in [7, 11) is 0. The molecule has 0 bridgehead atoms. The highest BCUT2D eigenvalue weighted by molar-refractivity contribution is 5.91. The van der Waals surface area contributed by atoms with Crippen LogP contribution < -0.4 is 39.3 Å². The van der Waals surface area contributed by atoms with Gasteiger partial charge >= 0.3 is 23.9 Å². The third-order valence-electron chi connectivity index (χ3n) is 13.7. The normalized spacial score (nSPS) is 10.9. The van der Waals surface area contributed by atoms with Crippen LogP contribution in [0.15, 0.2) is 107 Å². The monoisotopic (exact) mass is 1070 g/mol. The van der Waals surface area contributed by atoms with Crippen LogP contribution in [0.4, 0.5) is 0 Å². The van der Waals surface area contributed by atoms with Gasteiger partial charge < -0.3 is 28.4 Å². The lowest BCUT2D eigenvalue weighted by Gasteiger charge is -2.07. The summed E-state index contributed by atoms with van der Waals surface area (Å²) < 4.78 is 33.4. The maximum absolute atomic E-state index is 12.9. The zero-order valence-electron chi connectivity index (χ0n) is 47.2. The topological polar surface area (TPSA) is 158 Å². The second kappa shape index (κ2) is 40.8. The molecule has 0 aliphatic carbocycles. The molecule has 12 nitrogen and oxygen atoms in total. The average Bonchev–Trinajstić information content (AvgIpc) is 3.73. The molecule has 4 aromatic rings. The maximum atomic E-state index is 12.9. The quantitative estimate of drug-likeness (QED) is 0.0306. The number of benzene rings is 2. The summed E-state index contributed by atoms with van der Waals surface area (Å²) in [4.78, 5) is 76.4. The Balaban J connectivity index is 1.04. The number of hydrogen-bond donors (Lipinski definition) is 0. The van der Waals surface area contributed by atoms with Crippen molar-refractivity contribution >= 4 is 23.9 Å². The fraction of sp³-hybridized carbons (Fsp3) is 0.545. The number of carbonyl (C=O) groups excluding carboxylic acids is 4. The molecular weight excluding hydrogens is 985 g/mol. The lowest BCUT2D eigenvalue weighted by atomic mass is 10.0. The Kier molecular flexibility index (Phi) is 33.6. The van der Waals surface area contributed by atoms with Gasteiger partial charge in [0, 0.05) is 12.8 Å². The highest BCUT2D eigenvalue weighted by Gasteiger charge is 2.14. The molecule has 0 fully saturated rings. The fourth-order valence-electron chi connectivity index (χ4n) is 8.94. The molecule has 0 amide bonds. The van der Waals surface area contributed by atoms with Crippen molar-refractivity contribution in [3.05, 3.63) is 129 Å². The van der Waals surface area contributed by atoms with Crippen LogP contribution in [0.25, 0.3) is 0 Å². The van der Waals surface area contributed by atoms with Crippen LogP contribution in [0.3, 0.4) is 0 Å². The number of esters is 4. The lowest BCUT2D eigenvalue weighted by Crippen LogP contribution is -2.13. The first-order valence-electron chi connectivity index (χ1n) is 29.8. The molecular formula is C66H90O12. The summed E-state index contributed by atoms with van der Waals surface area (Å²) in [6.07, 6.45) is 35.7. The number of unbranched alkanes of at least 4 members (excludes halogenated alkanes) is 27. The van der Waals surface area contributed by atoms with E-state index in [9.17, 15) is 28.8 Å². The molecule has 0 saturated heterocycles. The van der Waals surface area contributed by atoms with Gasteiger partial charge in [0.1, 0.15) is 23.0 Å². The molecule has 0 aliphatic rings. The smallest absolute Gasteiger partial charge is 0.343 e. The summed E-state index contributed by atoms with van der Waals surface area (Å²) in [5.74, 6) is -1.25. The van der Waals surface area contributed by atoms with Gasteiger partial charge in [0.2, 0.25) is 10.9 Å². The minimum Gasteiger partial charge on any atom is -0.494 e. The molecule has 0 spiro atoms. The van der Waals surface area contributed by atoms with Crippen LogP contribution in [-0.4, -0.2) is 37.1 Å². The Morgan fingerprint density at radius 3 is 0.885 bits per heavy atom. The second-order valence-corrected chi connectivity index (χ2v) is 20.5. The van der Waals surface area contributed by atoms with Gasteiger partial charge in [-0.3, -0.25) is 19.2 Å². The zero-order valence-corrected chi connectivity index (χ0v) is 47.2. The Morgan fingerprint density at radius 2 is 0.564 bits per heavy atom. The van der Waals surface area contributed by atoms with E-state index in [2.05, 4.69) is 13.8 Å². The van der Waals surface area contributed by atoms with Crippen LogP contribution in [0.2, 0.25) is 0 Å². The van der Waals surface area contributed by atoms with Crippen LogP contribution in [-0.2, 0) is 9.59 Å². The number of ether oxygens (including phenoxy) is 6. The standard InChI is InChI=1S/C66H90O12/c1-3-5-7-9-11-13-15-17-19-21-23-27-31-51-73-55-39-35-53(36-40-55)65(71)75-57-43-47-59(67)61(49-45-57)77-63(69)33-29-25-26-30-34-64(70)78-62-50-46-58(44-48-60(62)68)76-66(72)54-37-41-56(42-38-54)74-52-32-28-24-22-20-18-16-14-12-10-8-6-4-2/h35-50H,3-34,51-52H2,1-2H3. The van der Waals surface area contributed by atoms with Crippen LogP contribution in [0.1, 0.15) is 240 Å². The minimum absolute atomic E-state index is 0.0374. The molecule has 0 N–H and O–H groups in total. The summed E-state index contributed by atoms with van der Waals surface area (Å²) >= 11 is 0. The molecule has 0 atom stereocenters. The number of carbonyl (C=O) groups is 4. The van der Waals surface area contributed by atoms with E-state index in [0.717, 1.165) is 25.7 Å². The molecule has 0 radical (unpaired) electrons. The molecule has 78 heavy (non-hydrogen) atoms. The van der Waals surface area contributed by atoms with Crippen LogP contribution >= 0.6 is 0 Å². The first-order valence-corrected chi connectivity index (χ1v) is 29.8. The van der Waals surface area contributed by atoms with E-state index >= 15 is 0 Å². The molecule has 0 aliphatic heterocycles. The van der Waals surface area contributed by atoms with Crippen molar-refractivity contribution in [2.45, 2.75) is 219 Å². The van der Waals surface area contributed by atoms with E-state index in [1.807, 2.05) is 0 Å². The number of rotatable bonds is 43. The van der Waals surface area contributed by atoms with Crippen molar-refractivity contribution in [3.63, 3.8) is 0 Å². The minimum atomic E-state index is -0.611. The SMILES string of the molecule is CCCCCCCCCCCCCCCOc1ccc(C(=O)Oc2ccc(OC(=O)CCCCCCC(=O)Oc3ccc(OC(=O)c4ccc(OCCCCCCCCCCCCCCC)cc4)ccc3=O)c(=O)cc2)cc1. The highest BCUT2D eigenvalue weighted by atomic mass is 16.6. The summed E-state index contributed by atoms with van der Waals surface area (Å²) in [6, 6.07) is 23.9. The lowest BCUT2D eigenvalue weighted by molar-refractivity contribution is -0.135. The molecule has 0 heterocycles. The van der Waals surface area contributed by atoms with E-state index in [1.165, 1.54) is 190 Å². The molecule has 426 valence electrons. The predicted molar refractivity (Wildman–Crippen MR) is 310 cm³/mol. The van der Waals surface area contributed by atoms with Crippen LogP contribution in [0, 0.1) is 0 Å². The molecule has 0 saturated carbocycles. The van der Waals surface area contributed by atoms with Gasteiger partial charge in [0.25, 0.3) is 0 Å². The molecule has 0 aromatic heterocycles.